The van der Waals surface area contributed by atoms with Crippen LogP contribution in [0.1, 0.15) is 47.4 Å². The summed E-state index contributed by atoms with van der Waals surface area (Å²) in [5.74, 6) is -0.335. The number of hydrogen-bond acceptors (Lipinski definition) is 4. The van der Waals surface area contributed by atoms with Gasteiger partial charge in [-0.05, 0) is 30.6 Å². The van der Waals surface area contributed by atoms with Crippen molar-refractivity contribution in [2.45, 2.75) is 26.7 Å². The highest BCUT2D eigenvalue weighted by Gasteiger charge is 2.35. The number of methoxy groups -OCH3 is 1. The quantitative estimate of drug-likeness (QED) is 0.604. The molecule has 0 bridgehead atoms. The highest BCUT2D eigenvalue weighted by atomic mass is 16.5. The zero-order valence-corrected chi connectivity index (χ0v) is 15.0. The number of ketones is 2. The van der Waals surface area contributed by atoms with Gasteiger partial charge in [-0.15, -0.1) is 0 Å². The normalized spacial score (nSPS) is 17.0. The minimum absolute atomic E-state index is 0.167. The van der Waals surface area contributed by atoms with Crippen LogP contribution in [-0.2, 0) is 4.74 Å². The van der Waals surface area contributed by atoms with E-state index in [0.29, 0.717) is 23.3 Å². The number of carbonyl (C=O) groups excluding carboxylic acids is 2. The number of Topliss-reactive ketones (excluding diaryl/α,β-unsaturated/α-hetero) is 2. The van der Waals surface area contributed by atoms with E-state index in [1.807, 2.05) is 12.2 Å². The third-order valence-corrected chi connectivity index (χ3v) is 4.74. The molecule has 0 N–H and O–H groups in total. The summed E-state index contributed by atoms with van der Waals surface area (Å²) in [5.41, 5.74) is 4.26. The first kappa shape index (κ1) is 17.4. The monoisotopic (exact) mass is 337 g/mol. The average molecular weight is 337 g/mol. The molecule has 1 aromatic rings. The number of rotatable bonds is 5. The van der Waals surface area contributed by atoms with Crippen LogP contribution in [0.5, 0.6) is 0 Å². The molecule has 0 amide bonds. The largest absolute Gasteiger partial charge is 0.383 e. The second-order valence-corrected chi connectivity index (χ2v) is 6.16. The lowest BCUT2D eigenvalue weighted by Crippen LogP contribution is -2.28. The van der Waals surface area contributed by atoms with E-state index < -0.39 is 0 Å². The fourth-order valence-electron chi connectivity index (χ4n) is 3.45. The van der Waals surface area contributed by atoms with E-state index in [0.717, 1.165) is 36.4 Å². The number of benzene rings is 1. The van der Waals surface area contributed by atoms with Gasteiger partial charge in [0.2, 0.25) is 0 Å². The topological polar surface area (TPSA) is 46.6 Å². The molecule has 1 aliphatic heterocycles. The van der Waals surface area contributed by atoms with Gasteiger partial charge in [0.25, 0.3) is 0 Å². The zero-order valence-electron chi connectivity index (χ0n) is 15.0. The first-order chi connectivity index (χ1) is 12.1. The van der Waals surface area contributed by atoms with E-state index in [1.165, 1.54) is 0 Å². The van der Waals surface area contributed by atoms with Gasteiger partial charge >= 0.3 is 0 Å². The van der Waals surface area contributed by atoms with E-state index in [1.54, 1.807) is 31.4 Å². The lowest BCUT2D eigenvalue weighted by atomic mass is 9.97. The number of ether oxygens (including phenoxy) is 1. The van der Waals surface area contributed by atoms with Crippen LogP contribution < -0.4 is 0 Å². The van der Waals surface area contributed by atoms with Crippen LogP contribution in [0.2, 0.25) is 0 Å². The second kappa shape index (κ2) is 7.19. The molecule has 130 valence electrons. The van der Waals surface area contributed by atoms with Crippen molar-refractivity contribution in [3.05, 3.63) is 70.1 Å². The Hall–Kier alpha value is -2.46. The predicted octanol–water partition coefficient (Wildman–Crippen LogP) is 3.91. The Morgan fingerprint density at radius 1 is 0.920 bits per heavy atom. The minimum Gasteiger partial charge on any atom is -0.383 e. The number of allylic oxidation sites excluding steroid dienone is 6. The number of fused-ring (bicyclic) bond motifs is 1. The number of carbonyl (C=O) groups is 2. The molecular formula is C21H23NO3. The molecule has 1 aromatic carbocycles. The van der Waals surface area contributed by atoms with E-state index in [2.05, 4.69) is 18.7 Å². The van der Waals surface area contributed by atoms with Crippen LogP contribution in [0.15, 0.2) is 59.0 Å². The van der Waals surface area contributed by atoms with E-state index in [-0.39, 0.29) is 11.6 Å². The van der Waals surface area contributed by atoms with Crippen molar-refractivity contribution >= 4 is 11.6 Å². The van der Waals surface area contributed by atoms with Crippen molar-refractivity contribution in [2.24, 2.45) is 0 Å². The maximum atomic E-state index is 12.8. The van der Waals surface area contributed by atoms with Gasteiger partial charge in [0.1, 0.15) is 0 Å². The summed E-state index contributed by atoms with van der Waals surface area (Å²) in [6.07, 6.45) is 5.61. The number of hydrogen-bond donors (Lipinski definition) is 0. The molecule has 25 heavy (non-hydrogen) atoms. The maximum absolute atomic E-state index is 12.8. The van der Waals surface area contributed by atoms with Gasteiger partial charge in [0, 0.05) is 36.2 Å². The number of nitrogens with zero attached hydrogens (tertiary/aromatic N) is 1. The highest BCUT2D eigenvalue weighted by molar-refractivity contribution is 6.40. The van der Waals surface area contributed by atoms with Gasteiger partial charge in [0.15, 0.2) is 11.6 Å². The Balaban J connectivity index is 2.09. The summed E-state index contributed by atoms with van der Waals surface area (Å²) in [4.78, 5) is 27.8. The van der Waals surface area contributed by atoms with Gasteiger partial charge in [-0.3, -0.25) is 9.59 Å². The summed E-state index contributed by atoms with van der Waals surface area (Å²) in [6.45, 7) is 5.56. The first-order valence-corrected chi connectivity index (χ1v) is 8.72. The molecule has 1 aliphatic carbocycles. The van der Waals surface area contributed by atoms with Crippen molar-refractivity contribution in [3.63, 3.8) is 0 Å². The van der Waals surface area contributed by atoms with Crippen molar-refractivity contribution in [2.75, 3.05) is 20.3 Å². The molecule has 0 radical (unpaired) electrons. The van der Waals surface area contributed by atoms with Gasteiger partial charge in [-0.2, -0.15) is 0 Å². The smallest absolute Gasteiger partial charge is 0.198 e. The van der Waals surface area contributed by atoms with Crippen molar-refractivity contribution in [1.29, 1.82) is 0 Å². The lowest BCUT2D eigenvalue weighted by Gasteiger charge is -2.32. The molecule has 4 heteroatoms. The molecule has 0 unspecified atom stereocenters. The molecule has 1 heterocycles. The Kier molecular flexibility index (Phi) is 5.00. The lowest BCUT2D eigenvalue weighted by molar-refractivity contribution is 0.0987. The summed E-state index contributed by atoms with van der Waals surface area (Å²) < 4.78 is 5.22. The van der Waals surface area contributed by atoms with Gasteiger partial charge in [-0.25, -0.2) is 0 Å². The summed E-state index contributed by atoms with van der Waals surface area (Å²) >= 11 is 0. The fourth-order valence-corrected chi connectivity index (χ4v) is 3.45. The van der Waals surface area contributed by atoms with Crippen LogP contribution in [0, 0.1) is 0 Å². The average Bonchev–Trinajstić information content (AvgIpc) is 2.90. The molecule has 0 saturated heterocycles. The van der Waals surface area contributed by atoms with Crippen LogP contribution in [-0.4, -0.2) is 36.7 Å². The minimum atomic E-state index is -0.167. The molecule has 2 aliphatic rings. The second-order valence-electron chi connectivity index (χ2n) is 6.16. The standard InChI is InChI=1S/C21H23NO3/c1-4-15-12-14(13-16(5-2)22(15)10-11-25-3)19-20(23)17-8-6-7-9-18(17)21(19)24/h6-9,12-13H,4-5,10-11H2,1-3H3. The summed E-state index contributed by atoms with van der Waals surface area (Å²) in [6, 6.07) is 7.05. The van der Waals surface area contributed by atoms with Gasteiger partial charge in [-0.1, -0.05) is 38.1 Å². The third-order valence-electron chi connectivity index (χ3n) is 4.74. The summed E-state index contributed by atoms with van der Waals surface area (Å²) in [5, 5.41) is 0. The van der Waals surface area contributed by atoms with Crippen LogP contribution in [0.4, 0.5) is 0 Å². The van der Waals surface area contributed by atoms with Crippen LogP contribution in [0.25, 0.3) is 0 Å². The van der Waals surface area contributed by atoms with E-state index >= 15 is 0 Å². The van der Waals surface area contributed by atoms with Crippen molar-refractivity contribution in [3.8, 4) is 0 Å². The van der Waals surface area contributed by atoms with Crippen LogP contribution >= 0.6 is 0 Å². The molecule has 0 spiro atoms. The maximum Gasteiger partial charge on any atom is 0.198 e. The van der Waals surface area contributed by atoms with Crippen molar-refractivity contribution in [1.82, 2.24) is 4.90 Å². The molecule has 3 rings (SSSR count). The Morgan fingerprint density at radius 3 is 1.88 bits per heavy atom. The molecular weight excluding hydrogens is 314 g/mol. The third kappa shape index (κ3) is 2.98. The SMILES string of the molecule is CCC1=CC(=C2C(=O)c3ccccc3C2=O)C=C(CC)N1CCOC. The zero-order chi connectivity index (χ0) is 18.0. The molecule has 0 atom stereocenters. The molecule has 0 aromatic heterocycles. The van der Waals surface area contributed by atoms with Gasteiger partial charge in [0.05, 0.1) is 12.2 Å². The Labute approximate surface area is 148 Å². The molecule has 4 nitrogen and oxygen atoms in total. The predicted molar refractivity (Wildman–Crippen MR) is 97.5 cm³/mol. The Morgan fingerprint density at radius 2 is 1.44 bits per heavy atom. The molecule has 0 fully saturated rings. The van der Waals surface area contributed by atoms with E-state index in [9.17, 15) is 9.59 Å². The summed E-state index contributed by atoms with van der Waals surface area (Å²) in [7, 11) is 1.69. The van der Waals surface area contributed by atoms with Gasteiger partial charge < -0.3 is 9.64 Å². The Bertz CT molecular complexity index is 753. The van der Waals surface area contributed by atoms with Crippen LogP contribution in [0.3, 0.4) is 0 Å². The van der Waals surface area contributed by atoms with Crippen molar-refractivity contribution < 1.29 is 14.3 Å². The highest BCUT2D eigenvalue weighted by Crippen LogP contribution is 2.34. The molecule has 0 saturated carbocycles. The first-order valence-electron chi connectivity index (χ1n) is 8.72. The fraction of sp³-hybridized carbons (Fsp3) is 0.333. The van der Waals surface area contributed by atoms with E-state index in [4.69, 9.17) is 4.74 Å².